The van der Waals surface area contributed by atoms with Gasteiger partial charge in [0.15, 0.2) is 0 Å². The minimum absolute atomic E-state index is 0.108. The Hall–Kier alpha value is -4.22. The van der Waals surface area contributed by atoms with E-state index in [0.717, 1.165) is 5.56 Å². The van der Waals surface area contributed by atoms with Crippen molar-refractivity contribution in [2.75, 3.05) is 24.5 Å². The fourth-order valence-electron chi connectivity index (χ4n) is 4.67. The Morgan fingerprint density at radius 1 is 1.21 bits per heavy atom. The van der Waals surface area contributed by atoms with Gasteiger partial charge in [0.2, 0.25) is 11.9 Å². The summed E-state index contributed by atoms with van der Waals surface area (Å²) >= 11 is 0. The second-order valence-electron chi connectivity index (χ2n) is 9.50. The summed E-state index contributed by atoms with van der Waals surface area (Å²) in [4.78, 5) is 19.9. The topological polar surface area (TPSA) is 128 Å². The van der Waals surface area contributed by atoms with Crippen LogP contribution in [0.15, 0.2) is 51.8 Å². The van der Waals surface area contributed by atoms with Crippen molar-refractivity contribution in [2.24, 2.45) is 21.1 Å². The number of anilines is 1. The van der Waals surface area contributed by atoms with E-state index in [0.29, 0.717) is 30.8 Å². The maximum Gasteiger partial charge on any atom is 0.217 e. The van der Waals surface area contributed by atoms with Crippen molar-refractivity contribution >= 4 is 29.5 Å². The number of hydrogen-bond donors (Lipinski definition) is 3. The van der Waals surface area contributed by atoms with Crippen molar-refractivity contribution in [3.05, 3.63) is 59.2 Å². The molecule has 4 rings (SSSR count). The number of piperazine rings is 1. The molecular weight excluding hydrogens is 496 g/mol. The van der Waals surface area contributed by atoms with Gasteiger partial charge in [-0.05, 0) is 55.8 Å². The predicted octanol–water partition coefficient (Wildman–Crippen LogP) is 2.55. The molecule has 2 aliphatic heterocycles. The van der Waals surface area contributed by atoms with E-state index in [2.05, 4.69) is 20.7 Å². The van der Waals surface area contributed by atoms with E-state index in [4.69, 9.17) is 10.6 Å². The van der Waals surface area contributed by atoms with E-state index < -0.39 is 11.6 Å². The van der Waals surface area contributed by atoms with Crippen LogP contribution in [0, 0.1) is 11.6 Å². The fraction of sp³-hybridized carbons (Fsp3) is 0.385. The molecule has 1 saturated heterocycles. The van der Waals surface area contributed by atoms with Crippen LogP contribution in [0.4, 0.5) is 14.5 Å². The Morgan fingerprint density at radius 3 is 2.45 bits per heavy atom. The van der Waals surface area contributed by atoms with Gasteiger partial charge in [-0.2, -0.15) is 5.10 Å². The first-order valence-electron chi connectivity index (χ1n) is 12.3. The summed E-state index contributed by atoms with van der Waals surface area (Å²) in [6.07, 6.45) is 1.46. The molecule has 12 heteroatoms. The minimum atomic E-state index is -0.694. The number of guanidine groups is 1. The van der Waals surface area contributed by atoms with Crippen LogP contribution >= 0.6 is 0 Å². The van der Waals surface area contributed by atoms with E-state index >= 15 is 8.78 Å². The number of aromatic hydroxyl groups is 1. The molecule has 1 fully saturated rings. The van der Waals surface area contributed by atoms with Crippen molar-refractivity contribution < 1.29 is 23.5 Å². The summed E-state index contributed by atoms with van der Waals surface area (Å²) in [6, 6.07) is 8.44. The molecule has 0 aromatic heterocycles. The van der Waals surface area contributed by atoms with Crippen LogP contribution in [-0.2, 0) is 9.63 Å². The van der Waals surface area contributed by atoms with Crippen LogP contribution in [0.1, 0.15) is 38.3 Å². The number of hydrogen-bond acceptors (Lipinski definition) is 7. The molecular formula is C26H31F2N7O3. The van der Waals surface area contributed by atoms with Gasteiger partial charge in [-0.25, -0.2) is 8.78 Å². The zero-order chi connectivity index (χ0) is 27.4. The fourth-order valence-corrected chi connectivity index (χ4v) is 4.67. The van der Waals surface area contributed by atoms with Gasteiger partial charge in [0, 0.05) is 44.1 Å². The molecule has 202 valence electrons. The van der Waals surface area contributed by atoms with Crippen molar-refractivity contribution in [3.63, 3.8) is 0 Å². The van der Waals surface area contributed by atoms with Crippen molar-refractivity contribution in [2.45, 2.75) is 45.4 Å². The lowest BCUT2D eigenvalue weighted by Crippen LogP contribution is -2.60. The largest absolute Gasteiger partial charge is 0.508 e. The molecule has 2 aromatic rings. The predicted molar refractivity (Wildman–Crippen MR) is 141 cm³/mol. The first-order valence-corrected chi connectivity index (χ1v) is 12.3. The van der Waals surface area contributed by atoms with E-state index in [1.807, 2.05) is 18.7 Å². The van der Waals surface area contributed by atoms with Gasteiger partial charge in [0.25, 0.3) is 0 Å². The molecule has 0 spiro atoms. The standard InChI is InChI=1S/C26H31F2N7O3/c1-15-13-34(26(29)32-31-11-18-4-6-20(37)7-5-18)14-16(2)35(15)25-22(27)8-19(9-23(25)28)24-10-21(38-33-24)12-30-17(3)36/h4-9,11,15-16,21,37H,10,12-14H2,1-3H3,(H2,29,32)(H,30,36)/b31-11-. The van der Waals surface area contributed by atoms with Gasteiger partial charge in [-0.1, -0.05) is 5.16 Å². The highest BCUT2D eigenvalue weighted by Gasteiger charge is 2.34. The monoisotopic (exact) mass is 527 g/mol. The van der Waals surface area contributed by atoms with E-state index in [-0.39, 0.29) is 48.0 Å². The number of carbonyl (C=O) groups is 1. The molecule has 0 saturated carbocycles. The van der Waals surface area contributed by atoms with Gasteiger partial charge in [0.1, 0.15) is 29.2 Å². The summed E-state index contributed by atoms with van der Waals surface area (Å²) in [5, 5.41) is 24.0. The number of nitrogens with two attached hydrogens (primary N) is 1. The third-order valence-electron chi connectivity index (χ3n) is 6.42. The van der Waals surface area contributed by atoms with Crippen LogP contribution in [0.25, 0.3) is 0 Å². The molecule has 2 heterocycles. The number of halogens is 2. The lowest BCUT2D eigenvalue weighted by molar-refractivity contribution is -0.119. The zero-order valence-corrected chi connectivity index (χ0v) is 21.4. The van der Waals surface area contributed by atoms with Crippen LogP contribution in [-0.4, -0.2) is 71.6 Å². The van der Waals surface area contributed by atoms with E-state index in [1.165, 1.54) is 25.3 Å². The zero-order valence-electron chi connectivity index (χ0n) is 21.4. The number of amides is 1. The lowest BCUT2D eigenvalue weighted by atomic mass is 10.0. The third-order valence-corrected chi connectivity index (χ3v) is 6.42. The lowest BCUT2D eigenvalue weighted by Gasteiger charge is -2.46. The molecule has 0 aliphatic carbocycles. The third kappa shape index (κ3) is 6.18. The second-order valence-corrected chi connectivity index (χ2v) is 9.50. The smallest absolute Gasteiger partial charge is 0.217 e. The van der Waals surface area contributed by atoms with E-state index in [1.54, 1.807) is 29.2 Å². The van der Waals surface area contributed by atoms with Gasteiger partial charge >= 0.3 is 0 Å². The highest BCUT2D eigenvalue weighted by molar-refractivity contribution is 6.01. The molecule has 4 N–H and O–H groups in total. The van der Waals surface area contributed by atoms with Crippen LogP contribution < -0.4 is 16.0 Å². The minimum Gasteiger partial charge on any atom is -0.508 e. The van der Waals surface area contributed by atoms with Crippen LogP contribution in [0.2, 0.25) is 0 Å². The first kappa shape index (κ1) is 26.8. The molecule has 38 heavy (non-hydrogen) atoms. The van der Waals surface area contributed by atoms with Gasteiger partial charge < -0.3 is 30.8 Å². The summed E-state index contributed by atoms with van der Waals surface area (Å²) in [7, 11) is 0. The van der Waals surface area contributed by atoms with Crippen LogP contribution in [0.3, 0.4) is 0 Å². The summed E-state index contributed by atoms with van der Waals surface area (Å²) in [5.41, 5.74) is 7.52. The molecule has 0 bridgehead atoms. The average Bonchev–Trinajstić information content (AvgIpc) is 3.34. The first-order chi connectivity index (χ1) is 18.1. The number of oxime groups is 1. The molecule has 10 nitrogen and oxygen atoms in total. The van der Waals surface area contributed by atoms with Gasteiger partial charge in [-0.3, -0.25) is 4.79 Å². The number of carbonyl (C=O) groups excluding carboxylic acids is 1. The Morgan fingerprint density at radius 2 is 1.84 bits per heavy atom. The summed E-state index contributed by atoms with van der Waals surface area (Å²) < 4.78 is 30.6. The molecule has 2 aromatic carbocycles. The number of rotatable bonds is 6. The van der Waals surface area contributed by atoms with E-state index in [9.17, 15) is 9.90 Å². The molecule has 3 unspecified atom stereocenters. The Kier molecular flexibility index (Phi) is 8.08. The van der Waals surface area contributed by atoms with Crippen molar-refractivity contribution in [1.29, 1.82) is 0 Å². The highest BCUT2D eigenvalue weighted by Crippen LogP contribution is 2.32. The van der Waals surface area contributed by atoms with Crippen molar-refractivity contribution in [1.82, 2.24) is 10.2 Å². The molecule has 0 radical (unpaired) electrons. The number of nitrogens with one attached hydrogen (secondary N) is 1. The van der Waals surface area contributed by atoms with Gasteiger partial charge in [-0.15, -0.1) is 5.10 Å². The SMILES string of the molecule is CC(=O)NCC1CC(c2cc(F)c(N3C(C)CN(/C(N)=N/N=C\c4ccc(O)cc4)CC3C)c(F)c2)=NO1. The second kappa shape index (κ2) is 11.4. The summed E-state index contributed by atoms with van der Waals surface area (Å²) in [5.74, 6) is -1.23. The number of phenols is 1. The van der Waals surface area contributed by atoms with Gasteiger partial charge in [0.05, 0.1) is 18.5 Å². The van der Waals surface area contributed by atoms with Crippen molar-refractivity contribution in [3.8, 4) is 5.75 Å². The summed E-state index contributed by atoms with van der Waals surface area (Å²) in [6.45, 7) is 6.17. The maximum atomic E-state index is 15.3. The molecule has 1 amide bonds. The molecule has 3 atom stereocenters. The number of nitrogens with zero attached hydrogens (tertiary/aromatic N) is 5. The Labute approximate surface area is 219 Å². The quantitative estimate of drug-likeness (QED) is 0.301. The number of phenolic OH excluding ortho intramolecular Hbond substituents is 1. The van der Waals surface area contributed by atoms with Crippen LogP contribution in [0.5, 0.6) is 5.75 Å². The Bertz CT molecular complexity index is 1230. The molecule has 2 aliphatic rings. The highest BCUT2D eigenvalue weighted by atomic mass is 19.1. The average molecular weight is 528 g/mol. The normalized spacial score (nSPS) is 22.0. The number of benzene rings is 2. The Balaban J connectivity index is 1.43. The maximum absolute atomic E-state index is 15.3.